The number of amides is 1. The van der Waals surface area contributed by atoms with E-state index in [9.17, 15) is 13.2 Å². The number of ether oxygens (including phenoxy) is 1. The maximum absolute atomic E-state index is 13.1. The molecule has 1 aromatic carbocycles. The Balaban J connectivity index is 2.42. The first-order valence-electron chi connectivity index (χ1n) is 9.89. The van der Waals surface area contributed by atoms with Gasteiger partial charge in [0.15, 0.2) is 0 Å². The Bertz CT molecular complexity index is 738. The van der Waals surface area contributed by atoms with Gasteiger partial charge in [0.05, 0.1) is 7.11 Å². The second kappa shape index (κ2) is 9.55. The van der Waals surface area contributed by atoms with E-state index in [2.05, 4.69) is 0 Å². The number of benzene rings is 1. The van der Waals surface area contributed by atoms with Crippen LogP contribution in [0.1, 0.15) is 63.2 Å². The zero-order valence-electron chi connectivity index (χ0n) is 16.9. The SMILES string of the molecule is CCN(C(=O)c1ccc(OC)c(S(=O)(=O)N(CC)CC)c1)C1CCCCC1. The highest BCUT2D eigenvalue weighted by Crippen LogP contribution is 2.30. The molecule has 2 rings (SSSR count). The van der Waals surface area contributed by atoms with Crippen LogP contribution in [-0.4, -0.2) is 56.3 Å². The van der Waals surface area contributed by atoms with Gasteiger partial charge < -0.3 is 9.64 Å². The molecule has 0 aromatic heterocycles. The Labute approximate surface area is 163 Å². The van der Waals surface area contributed by atoms with E-state index in [4.69, 9.17) is 4.74 Å². The van der Waals surface area contributed by atoms with Crippen LogP contribution in [0.3, 0.4) is 0 Å². The molecule has 1 fully saturated rings. The highest BCUT2D eigenvalue weighted by Gasteiger charge is 2.29. The maximum atomic E-state index is 13.1. The molecule has 0 saturated heterocycles. The fraction of sp³-hybridized carbons (Fsp3) is 0.650. The van der Waals surface area contributed by atoms with E-state index >= 15 is 0 Å². The average Bonchev–Trinajstić information content (AvgIpc) is 2.69. The smallest absolute Gasteiger partial charge is 0.254 e. The van der Waals surface area contributed by atoms with Gasteiger partial charge in [-0.15, -0.1) is 0 Å². The normalized spacial score (nSPS) is 15.7. The van der Waals surface area contributed by atoms with E-state index in [1.165, 1.54) is 23.9 Å². The van der Waals surface area contributed by atoms with Gasteiger partial charge in [-0.25, -0.2) is 8.42 Å². The van der Waals surface area contributed by atoms with Crippen LogP contribution in [0.25, 0.3) is 0 Å². The van der Waals surface area contributed by atoms with Gasteiger partial charge in [0.2, 0.25) is 10.0 Å². The molecule has 1 aromatic rings. The van der Waals surface area contributed by atoms with Crippen molar-refractivity contribution in [2.24, 2.45) is 0 Å². The zero-order valence-corrected chi connectivity index (χ0v) is 17.7. The molecule has 0 atom stereocenters. The first-order valence-corrected chi connectivity index (χ1v) is 11.3. The van der Waals surface area contributed by atoms with Crippen LogP contribution in [0.4, 0.5) is 0 Å². The summed E-state index contributed by atoms with van der Waals surface area (Å²) in [4.78, 5) is 15.1. The summed E-state index contributed by atoms with van der Waals surface area (Å²) in [7, 11) is -2.28. The lowest BCUT2D eigenvalue weighted by atomic mass is 9.93. The van der Waals surface area contributed by atoms with Crippen molar-refractivity contribution in [1.82, 2.24) is 9.21 Å². The molecule has 1 aliphatic carbocycles. The minimum atomic E-state index is -3.72. The Kier molecular flexibility index (Phi) is 7.68. The van der Waals surface area contributed by atoms with Crippen LogP contribution in [0.15, 0.2) is 23.1 Å². The number of carbonyl (C=O) groups is 1. The molecule has 6 nitrogen and oxygen atoms in total. The van der Waals surface area contributed by atoms with Gasteiger partial charge in [0.25, 0.3) is 5.91 Å². The molecule has 1 aliphatic rings. The molecule has 0 heterocycles. The molecule has 0 unspecified atom stereocenters. The summed E-state index contributed by atoms with van der Waals surface area (Å²) in [6, 6.07) is 4.95. The van der Waals surface area contributed by atoms with Crippen molar-refractivity contribution in [1.29, 1.82) is 0 Å². The molecule has 0 bridgehead atoms. The van der Waals surface area contributed by atoms with E-state index in [-0.39, 0.29) is 22.6 Å². The van der Waals surface area contributed by atoms with E-state index in [1.54, 1.807) is 26.0 Å². The molecule has 27 heavy (non-hydrogen) atoms. The highest BCUT2D eigenvalue weighted by atomic mass is 32.2. The number of nitrogens with zero attached hydrogens (tertiary/aromatic N) is 2. The van der Waals surface area contributed by atoms with E-state index < -0.39 is 10.0 Å². The highest BCUT2D eigenvalue weighted by molar-refractivity contribution is 7.89. The van der Waals surface area contributed by atoms with Gasteiger partial charge in [0, 0.05) is 31.2 Å². The van der Waals surface area contributed by atoms with Crippen molar-refractivity contribution >= 4 is 15.9 Å². The van der Waals surface area contributed by atoms with Crippen molar-refractivity contribution < 1.29 is 17.9 Å². The van der Waals surface area contributed by atoms with Crippen molar-refractivity contribution in [2.75, 3.05) is 26.7 Å². The second-order valence-electron chi connectivity index (χ2n) is 6.84. The lowest BCUT2D eigenvalue weighted by Crippen LogP contribution is -2.41. The minimum Gasteiger partial charge on any atom is -0.495 e. The predicted molar refractivity (Wildman–Crippen MR) is 107 cm³/mol. The third-order valence-electron chi connectivity index (χ3n) is 5.35. The second-order valence-corrected chi connectivity index (χ2v) is 8.74. The Morgan fingerprint density at radius 2 is 1.70 bits per heavy atom. The topological polar surface area (TPSA) is 66.9 Å². The van der Waals surface area contributed by atoms with Gasteiger partial charge in [0.1, 0.15) is 10.6 Å². The Hall–Kier alpha value is -1.60. The molecule has 152 valence electrons. The molecule has 1 saturated carbocycles. The van der Waals surface area contributed by atoms with Crippen molar-refractivity contribution in [3.63, 3.8) is 0 Å². The number of hydrogen-bond acceptors (Lipinski definition) is 4. The fourth-order valence-corrected chi connectivity index (χ4v) is 5.48. The monoisotopic (exact) mass is 396 g/mol. The first-order chi connectivity index (χ1) is 12.9. The molecule has 7 heteroatoms. The van der Waals surface area contributed by atoms with Gasteiger partial charge >= 0.3 is 0 Å². The third kappa shape index (κ3) is 4.63. The van der Waals surface area contributed by atoms with E-state index in [1.807, 2.05) is 11.8 Å². The van der Waals surface area contributed by atoms with Crippen LogP contribution < -0.4 is 4.74 Å². The summed E-state index contributed by atoms with van der Waals surface area (Å²) in [5.74, 6) is 0.155. The van der Waals surface area contributed by atoms with Gasteiger partial charge in [-0.3, -0.25) is 4.79 Å². The van der Waals surface area contributed by atoms with Crippen molar-refractivity contribution in [3.8, 4) is 5.75 Å². The average molecular weight is 397 g/mol. The van der Waals surface area contributed by atoms with Crippen LogP contribution in [0.5, 0.6) is 5.75 Å². The molecule has 0 spiro atoms. The van der Waals surface area contributed by atoms with Gasteiger partial charge in [-0.1, -0.05) is 33.1 Å². The zero-order chi connectivity index (χ0) is 20.0. The standard InChI is InChI=1S/C20H32N2O4S/c1-5-21(6-2)27(24,25)19-15-16(13-14-18(19)26-4)20(23)22(7-3)17-11-9-8-10-12-17/h13-15,17H,5-12H2,1-4H3. The van der Waals surface area contributed by atoms with Gasteiger partial charge in [-0.05, 0) is 38.0 Å². The number of hydrogen-bond donors (Lipinski definition) is 0. The largest absolute Gasteiger partial charge is 0.495 e. The van der Waals surface area contributed by atoms with Crippen molar-refractivity contribution in [2.45, 2.75) is 63.8 Å². The fourth-order valence-electron chi connectivity index (χ4n) is 3.84. The van der Waals surface area contributed by atoms with E-state index in [0.29, 0.717) is 25.2 Å². The predicted octanol–water partition coefficient (Wildman–Crippen LogP) is 3.52. The Morgan fingerprint density at radius 3 is 2.22 bits per heavy atom. The molecule has 0 radical (unpaired) electrons. The lowest BCUT2D eigenvalue weighted by molar-refractivity contribution is 0.0647. The van der Waals surface area contributed by atoms with Gasteiger partial charge in [-0.2, -0.15) is 4.31 Å². The molecule has 1 amide bonds. The number of methoxy groups -OCH3 is 1. The number of rotatable bonds is 8. The molecular formula is C20H32N2O4S. The number of sulfonamides is 1. The molecule has 0 aliphatic heterocycles. The first kappa shape index (κ1) is 21.7. The summed E-state index contributed by atoms with van der Waals surface area (Å²) in [6.45, 7) is 6.92. The minimum absolute atomic E-state index is 0.0549. The van der Waals surface area contributed by atoms with Crippen LogP contribution in [0.2, 0.25) is 0 Å². The van der Waals surface area contributed by atoms with Crippen LogP contribution >= 0.6 is 0 Å². The Morgan fingerprint density at radius 1 is 1.07 bits per heavy atom. The molecular weight excluding hydrogens is 364 g/mol. The van der Waals surface area contributed by atoms with Crippen molar-refractivity contribution in [3.05, 3.63) is 23.8 Å². The summed E-state index contributed by atoms with van der Waals surface area (Å²) in [5, 5.41) is 0. The summed E-state index contributed by atoms with van der Waals surface area (Å²) < 4.78 is 32.7. The summed E-state index contributed by atoms with van der Waals surface area (Å²) >= 11 is 0. The lowest BCUT2D eigenvalue weighted by Gasteiger charge is -2.33. The summed E-state index contributed by atoms with van der Waals surface area (Å²) in [6.07, 6.45) is 5.52. The molecule has 0 N–H and O–H groups in total. The van der Waals surface area contributed by atoms with E-state index in [0.717, 1.165) is 25.7 Å². The maximum Gasteiger partial charge on any atom is 0.254 e. The summed E-state index contributed by atoms with van der Waals surface area (Å²) in [5.41, 5.74) is 0.397. The number of carbonyl (C=O) groups excluding carboxylic acids is 1. The van der Waals surface area contributed by atoms with Crippen LogP contribution in [0, 0.1) is 0 Å². The quantitative estimate of drug-likeness (QED) is 0.674. The van der Waals surface area contributed by atoms with Crippen LogP contribution in [-0.2, 0) is 10.0 Å². The third-order valence-corrected chi connectivity index (χ3v) is 7.42.